The number of nitrogens with one attached hydrogen (secondary N) is 1. The molecule has 3 N–H and O–H groups in total. The van der Waals surface area contributed by atoms with Crippen LogP contribution in [0.15, 0.2) is 0 Å². The molecule has 98 valence electrons. The minimum Gasteiger partial charge on any atom is -0.383 e. The molecule has 0 aromatic carbocycles. The van der Waals surface area contributed by atoms with Gasteiger partial charge in [-0.2, -0.15) is 0 Å². The second kappa shape index (κ2) is 6.53. The number of hydrogen-bond donors (Lipinski definition) is 2. The van der Waals surface area contributed by atoms with Crippen LogP contribution in [0.3, 0.4) is 0 Å². The van der Waals surface area contributed by atoms with Crippen molar-refractivity contribution in [3.05, 3.63) is 0 Å². The molecule has 7 heteroatoms. The van der Waals surface area contributed by atoms with E-state index < -0.39 is 12.1 Å². The van der Waals surface area contributed by atoms with Gasteiger partial charge in [-0.05, 0) is 0 Å². The Morgan fingerprint density at radius 2 is 2.35 bits per heavy atom. The minimum absolute atomic E-state index is 0.136. The Labute approximate surface area is 100 Å². The van der Waals surface area contributed by atoms with Crippen molar-refractivity contribution in [1.29, 1.82) is 0 Å². The molecule has 1 aliphatic heterocycles. The molecule has 2 atom stereocenters. The average Bonchev–Trinajstić information content (AvgIpc) is 2.37. The lowest BCUT2D eigenvalue weighted by Gasteiger charge is -2.35. The van der Waals surface area contributed by atoms with Crippen LogP contribution in [-0.2, 0) is 19.1 Å². The van der Waals surface area contributed by atoms with Gasteiger partial charge >= 0.3 is 0 Å². The van der Waals surface area contributed by atoms with Gasteiger partial charge in [-0.15, -0.1) is 0 Å². The number of nitrogens with zero attached hydrogens (tertiary/aromatic N) is 1. The van der Waals surface area contributed by atoms with Gasteiger partial charge in [0.15, 0.2) is 0 Å². The highest BCUT2D eigenvalue weighted by Gasteiger charge is 2.34. The van der Waals surface area contributed by atoms with Crippen molar-refractivity contribution in [3.63, 3.8) is 0 Å². The number of nitrogens with two attached hydrogens (primary N) is 1. The summed E-state index contributed by atoms with van der Waals surface area (Å²) in [5.74, 6) is -0.536. The molecule has 2 amide bonds. The molecule has 1 fully saturated rings. The smallest absolute Gasteiger partial charge is 0.244 e. The van der Waals surface area contributed by atoms with Gasteiger partial charge in [0.25, 0.3) is 0 Å². The van der Waals surface area contributed by atoms with E-state index >= 15 is 0 Å². The van der Waals surface area contributed by atoms with Gasteiger partial charge in [-0.25, -0.2) is 0 Å². The van der Waals surface area contributed by atoms with E-state index in [-0.39, 0.29) is 25.0 Å². The van der Waals surface area contributed by atoms with Gasteiger partial charge in [-0.3, -0.25) is 9.59 Å². The maximum atomic E-state index is 12.0. The first-order valence-electron chi connectivity index (χ1n) is 5.46. The molecular weight excluding hydrogens is 226 g/mol. The van der Waals surface area contributed by atoms with Crippen LogP contribution < -0.4 is 11.1 Å². The topological polar surface area (TPSA) is 93.9 Å². The molecular formula is C10H19N3O4. The second-order valence-corrected chi connectivity index (χ2v) is 3.80. The van der Waals surface area contributed by atoms with Gasteiger partial charge in [-0.1, -0.05) is 0 Å². The molecule has 0 aromatic heterocycles. The summed E-state index contributed by atoms with van der Waals surface area (Å²) in [6, 6.07) is -1.35. The maximum Gasteiger partial charge on any atom is 0.244 e. The summed E-state index contributed by atoms with van der Waals surface area (Å²) in [6.07, 6.45) is 0. The van der Waals surface area contributed by atoms with Crippen LogP contribution in [-0.4, -0.2) is 69.3 Å². The third-order valence-electron chi connectivity index (χ3n) is 2.62. The van der Waals surface area contributed by atoms with E-state index in [1.165, 1.54) is 19.1 Å². The zero-order valence-electron chi connectivity index (χ0n) is 10.1. The molecule has 0 radical (unpaired) electrons. The summed E-state index contributed by atoms with van der Waals surface area (Å²) in [5.41, 5.74) is 5.67. The molecule has 0 bridgehead atoms. The van der Waals surface area contributed by atoms with Crippen molar-refractivity contribution >= 4 is 11.8 Å². The fourth-order valence-electron chi connectivity index (χ4n) is 1.72. The van der Waals surface area contributed by atoms with Crippen LogP contribution in [0.1, 0.15) is 0 Å². The lowest BCUT2D eigenvalue weighted by atomic mass is 10.1. The number of rotatable bonds is 4. The minimum atomic E-state index is -0.745. The number of carbonyl (C=O) groups is 2. The summed E-state index contributed by atoms with van der Waals surface area (Å²) in [4.78, 5) is 25.1. The number of likely N-dealkylation sites (N-methyl/N-ethyl adjacent to an activating group) is 1. The van der Waals surface area contributed by atoms with Gasteiger partial charge in [0, 0.05) is 20.7 Å². The van der Waals surface area contributed by atoms with Gasteiger partial charge in [0.1, 0.15) is 12.1 Å². The summed E-state index contributed by atoms with van der Waals surface area (Å²) in [6.45, 7) is 1.12. The molecule has 1 saturated heterocycles. The molecule has 1 heterocycles. The van der Waals surface area contributed by atoms with Crippen molar-refractivity contribution < 1.29 is 19.1 Å². The fourth-order valence-corrected chi connectivity index (χ4v) is 1.72. The summed E-state index contributed by atoms with van der Waals surface area (Å²) >= 11 is 0. The fraction of sp³-hybridized carbons (Fsp3) is 0.800. The van der Waals surface area contributed by atoms with Crippen LogP contribution in [0, 0.1) is 0 Å². The second-order valence-electron chi connectivity index (χ2n) is 3.80. The van der Waals surface area contributed by atoms with E-state index in [1.807, 2.05) is 0 Å². The Kier molecular flexibility index (Phi) is 5.33. The predicted molar refractivity (Wildman–Crippen MR) is 60.2 cm³/mol. The standard InChI is InChI=1S/C10H19N3O4/c1-12-9(14)8-6-17-4-3-13(8)10(15)7(11)5-16-2/h7-8H,3-6,11H2,1-2H3,(H,12,14). The number of hydrogen-bond acceptors (Lipinski definition) is 5. The normalized spacial score (nSPS) is 22.1. The molecule has 0 spiro atoms. The third kappa shape index (κ3) is 3.39. The molecule has 1 aliphatic rings. The van der Waals surface area contributed by atoms with Gasteiger partial charge < -0.3 is 25.4 Å². The Hall–Kier alpha value is -1.18. The van der Waals surface area contributed by atoms with Crippen LogP contribution >= 0.6 is 0 Å². The predicted octanol–water partition coefficient (Wildman–Crippen LogP) is -2.07. The number of ether oxygens (including phenoxy) is 2. The first kappa shape index (κ1) is 13.9. The molecule has 1 rings (SSSR count). The Balaban J connectivity index is 2.70. The quantitative estimate of drug-likeness (QED) is 0.593. The average molecular weight is 245 g/mol. The first-order chi connectivity index (χ1) is 8.11. The van der Waals surface area contributed by atoms with Crippen molar-refractivity contribution in [2.24, 2.45) is 5.73 Å². The first-order valence-corrected chi connectivity index (χ1v) is 5.46. The third-order valence-corrected chi connectivity index (χ3v) is 2.62. The summed E-state index contributed by atoms with van der Waals surface area (Å²) in [7, 11) is 3.00. The van der Waals surface area contributed by atoms with Crippen molar-refractivity contribution in [2.45, 2.75) is 12.1 Å². The van der Waals surface area contributed by atoms with E-state index in [1.54, 1.807) is 0 Å². The number of methoxy groups -OCH3 is 1. The number of carbonyl (C=O) groups excluding carboxylic acids is 2. The largest absolute Gasteiger partial charge is 0.383 e. The van der Waals surface area contributed by atoms with E-state index in [0.29, 0.717) is 13.2 Å². The lowest BCUT2D eigenvalue weighted by Crippen LogP contribution is -2.59. The van der Waals surface area contributed by atoms with Crippen LogP contribution in [0.2, 0.25) is 0 Å². The highest BCUT2D eigenvalue weighted by Crippen LogP contribution is 2.09. The summed E-state index contributed by atoms with van der Waals surface area (Å²) < 4.78 is 10.0. The molecule has 0 aliphatic carbocycles. The van der Waals surface area contributed by atoms with E-state index in [9.17, 15) is 9.59 Å². The van der Waals surface area contributed by atoms with Crippen LogP contribution in [0.5, 0.6) is 0 Å². The van der Waals surface area contributed by atoms with Crippen molar-refractivity contribution in [3.8, 4) is 0 Å². The highest BCUT2D eigenvalue weighted by molar-refractivity contribution is 5.90. The zero-order valence-corrected chi connectivity index (χ0v) is 10.1. The number of amides is 2. The van der Waals surface area contributed by atoms with Crippen LogP contribution in [0.4, 0.5) is 0 Å². The molecule has 0 aromatic rings. The van der Waals surface area contributed by atoms with Gasteiger partial charge in [0.2, 0.25) is 11.8 Å². The van der Waals surface area contributed by atoms with Crippen molar-refractivity contribution in [2.75, 3.05) is 40.5 Å². The Morgan fingerprint density at radius 3 is 2.94 bits per heavy atom. The van der Waals surface area contributed by atoms with E-state index in [0.717, 1.165) is 0 Å². The van der Waals surface area contributed by atoms with E-state index in [4.69, 9.17) is 15.2 Å². The Morgan fingerprint density at radius 1 is 1.65 bits per heavy atom. The van der Waals surface area contributed by atoms with Crippen LogP contribution in [0.25, 0.3) is 0 Å². The van der Waals surface area contributed by atoms with E-state index in [2.05, 4.69) is 5.32 Å². The highest BCUT2D eigenvalue weighted by atomic mass is 16.5. The SMILES string of the molecule is CNC(=O)C1COCCN1C(=O)C(N)COC. The summed E-state index contributed by atoms with van der Waals surface area (Å²) in [5, 5.41) is 2.51. The maximum absolute atomic E-state index is 12.0. The molecule has 0 saturated carbocycles. The monoisotopic (exact) mass is 245 g/mol. The zero-order chi connectivity index (χ0) is 12.8. The number of morpholine rings is 1. The molecule has 17 heavy (non-hydrogen) atoms. The molecule has 7 nitrogen and oxygen atoms in total. The Bertz CT molecular complexity index is 285. The van der Waals surface area contributed by atoms with Crippen molar-refractivity contribution in [1.82, 2.24) is 10.2 Å². The lowest BCUT2D eigenvalue weighted by molar-refractivity contribution is -0.150. The molecule has 2 unspecified atom stereocenters. The van der Waals surface area contributed by atoms with Gasteiger partial charge in [0.05, 0.1) is 19.8 Å².